The molecule has 0 saturated heterocycles. The fourth-order valence-corrected chi connectivity index (χ4v) is 3.93. The molecule has 0 spiro atoms. The molecule has 0 amide bonds. The van der Waals surface area contributed by atoms with Gasteiger partial charge in [-0.25, -0.2) is 4.98 Å². The minimum Gasteiger partial charge on any atom is -0.458 e. The van der Waals surface area contributed by atoms with Gasteiger partial charge >= 0.3 is 6.01 Å². The van der Waals surface area contributed by atoms with E-state index in [1.807, 2.05) is 31.2 Å². The molecule has 8 nitrogen and oxygen atoms in total. The molecule has 0 saturated carbocycles. The van der Waals surface area contributed by atoms with E-state index in [2.05, 4.69) is 35.9 Å². The Kier molecular flexibility index (Phi) is 12.1. The van der Waals surface area contributed by atoms with Crippen LogP contribution in [0.3, 0.4) is 0 Å². The molecular weight excluding hydrogens is 482 g/mol. The lowest BCUT2D eigenvalue weighted by atomic mass is 10.1. The number of nitro benzene ring substituents is 1. The highest BCUT2D eigenvalue weighted by Gasteiger charge is 2.14. The van der Waals surface area contributed by atoms with Crippen molar-refractivity contribution in [1.82, 2.24) is 9.97 Å². The summed E-state index contributed by atoms with van der Waals surface area (Å²) in [5.74, 6) is 0. The van der Waals surface area contributed by atoms with Gasteiger partial charge in [-0.2, -0.15) is 4.98 Å². The van der Waals surface area contributed by atoms with Gasteiger partial charge < -0.3 is 14.2 Å². The van der Waals surface area contributed by atoms with E-state index < -0.39 is 4.92 Å². The second-order valence-electron chi connectivity index (χ2n) is 9.39. The van der Waals surface area contributed by atoms with E-state index in [0.29, 0.717) is 18.9 Å². The van der Waals surface area contributed by atoms with Crippen molar-refractivity contribution in [2.24, 2.45) is 0 Å². The fraction of sp³-hybridized carbons (Fsp3) is 0.467. The molecule has 8 heteroatoms. The van der Waals surface area contributed by atoms with Crippen LogP contribution in [0.15, 0.2) is 60.7 Å². The second-order valence-corrected chi connectivity index (χ2v) is 9.39. The largest absolute Gasteiger partial charge is 0.458 e. The van der Waals surface area contributed by atoms with Crippen LogP contribution in [0.25, 0.3) is 11.3 Å². The molecule has 0 N–H and O–H groups in total. The van der Waals surface area contributed by atoms with Gasteiger partial charge in [0, 0.05) is 30.0 Å². The first-order chi connectivity index (χ1) is 18.5. The minimum absolute atomic E-state index is 0.0391. The van der Waals surface area contributed by atoms with Gasteiger partial charge in [0.05, 0.1) is 29.9 Å². The highest BCUT2D eigenvalue weighted by Crippen LogP contribution is 2.24. The Morgan fingerprint density at radius 3 is 2.39 bits per heavy atom. The molecule has 204 valence electrons. The predicted octanol–water partition coefficient (Wildman–Crippen LogP) is 6.61. The summed E-state index contributed by atoms with van der Waals surface area (Å²) in [7, 11) is 0. The normalized spacial score (nSPS) is 12.7. The number of nitro groups is 1. The summed E-state index contributed by atoms with van der Waals surface area (Å²) in [4.78, 5) is 19.9. The number of rotatable bonds is 17. The highest BCUT2D eigenvalue weighted by molar-refractivity contribution is 5.61. The molecule has 0 radical (unpaired) electrons. The number of aryl methyl sites for hydroxylation is 2. The maximum absolute atomic E-state index is 11.1. The van der Waals surface area contributed by atoms with Crippen molar-refractivity contribution in [3.8, 4) is 17.3 Å². The summed E-state index contributed by atoms with van der Waals surface area (Å²) in [6.45, 7) is 7.82. The summed E-state index contributed by atoms with van der Waals surface area (Å²) in [5.41, 5.74) is 3.62. The minimum atomic E-state index is -0.410. The summed E-state index contributed by atoms with van der Waals surface area (Å²) < 4.78 is 17.8. The maximum atomic E-state index is 11.1. The molecule has 2 unspecified atom stereocenters. The van der Waals surface area contributed by atoms with Gasteiger partial charge in [-0.3, -0.25) is 10.1 Å². The topological polar surface area (TPSA) is 96.6 Å². The van der Waals surface area contributed by atoms with Gasteiger partial charge in [-0.15, -0.1) is 0 Å². The Morgan fingerprint density at radius 1 is 0.947 bits per heavy atom. The molecule has 0 aliphatic heterocycles. The number of hydrogen-bond acceptors (Lipinski definition) is 7. The van der Waals surface area contributed by atoms with E-state index in [0.717, 1.165) is 56.4 Å². The van der Waals surface area contributed by atoms with Gasteiger partial charge in [0.15, 0.2) is 0 Å². The Bertz CT molecular complexity index is 1110. The predicted molar refractivity (Wildman–Crippen MR) is 148 cm³/mol. The highest BCUT2D eigenvalue weighted by atomic mass is 16.6. The summed E-state index contributed by atoms with van der Waals surface area (Å²) in [5, 5.41) is 11.1. The Morgan fingerprint density at radius 2 is 1.71 bits per heavy atom. The first kappa shape index (κ1) is 29.2. The van der Waals surface area contributed by atoms with E-state index >= 15 is 0 Å². The van der Waals surface area contributed by atoms with E-state index in [9.17, 15) is 10.1 Å². The van der Waals surface area contributed by atoms with Crippen LogP contribution in [0.4, 0.5) is 5.69 Å². The lowest BCUT2D eigenvalue weighted by Crippen LogP contribution is -2.25. The molecular formula is C30H39N3O5. The van der Waals surface area contributed by atoms with E-state index in [-0.39, 0.29) is 23.9 Å². The van der Waals surface area contributed by atoms with Crippen molar-refractivity contribution in [3.63, 3.8) is 0 Å². The van der Waals surface area contributed by atoms with Crippen LogP contribution in [-0.2, 0) is 22.3 Å². The quantitative estimate of drug-likeness (QED) is 0.112. The van der Waals surface area contributed by atoms with Crippen LogP contribution in [0, 0.1) is 10.1 Å². The average Bonchev–Trinajstić information content (AvgIpc) is 2.93. The molecule has 38 heavy (non-hydrogen) atoms. The number of ether oxygens (including phenoxy) is 3. The smallest absolute Gasteiger partial charge is 0.317 e. The van der Waals surface area contributed by atoms with Gasteiger partial charge in [-0.1, -0.05) is 50.6 Å². The lowest BCUT2D eigenvalue weighted by molar-refractivity contribution is -0.384. The molecule has 3 aromatic rings. The van der Waals surface area contributed by atoms with Crippen LogP contribution in [0.2, 0.25) is 0 Å². The molecule has 3 rings (SSSR count). The zero-order chi connectivity index (χ0) is 27.2. The number of non-ortho nitro benzene ring substituents is 1. The molecule has 1 aromatic heterocycles. The average molecular weight is 522 g/mol. The molecule has 0 bridgehead atoms. The number of hydrogen-bond donors (Lipinski definition) is 0. The Balaban J connectivity index is 1.66. The maximum Gasteiger partial charge on any atom is 0.317 e. The summed E-state index contributed by atoms with van der Waals surface area (Å²) >= 11 is 0. The van der Waals surface area contributed by atoms with Crippen molar-refractivity contribution >= 4 is 5.69 Å². The van der Waals surface area contributed by atoms with Gasteiger partial charge in [0.1, 0.15) is 6.10 Å². The van der Waals surface area contributed by atoms with E-state index in [1.165, 1.54) is 17.7 Å². The molecule has 0 aliphatic rings. The van der Waals surface area contributed by atoms with Gasteiger partial charge in [-0.05, 0) is 62.8 Å². The monoisotopic (exact) mass is 521 g/mol. The number of benzene rings is 2. The first-order valence-electron chi connectivity index (χ1n) is 13.5. The molecule has 0 aliphatic carbocycles. The van der Waals surface area contributed by atoms with Crippen LogP contribution in [0.5, 0.6) is 6.01 Å². The van der Waals surface area contributed by atoms with Crippen molar-refractivity contribution in [2.75, 3.05) is 19.8 Å². The Labute approximate surface area is 225 Å². The summed E-state index contributed by atoms with van der Waals surface area (Å²) in [6, 6.07) is 18.9. The third kappa shape index (κ3) is 9.84. The number of unbranched alkanes of at least 4 members (excludes halogenated alkanes) is 1. The number of nitrogens with zero attached hydrogens (tertiary/aromatic N) is 3. The van der Waals surface area contributed by atoms with Crippen LogP contribution >= 0.6 is 0 Å². The molecule has 2 atom stereocenters. The van der Waals surface area contributed by atoms with E-state index in [4.69, 9.17) is 14.2 Å². The van der Waals surface area contributed by atoms with Crippen LogP contribution in [-0.4, -0.2) is 46.9 Å². The van der Waals surface area contributed by atoms with Gasteiger partial charge in [0.25, 0.3) is 5.69 Å². The van der Waals surface area contributed by atoms with Crippen LogP contribution in [0.1, 0.15) is 57.7 Å². The first-order valence-corrected chi connectivity index (χ1v) is 13.5. The Hall–Kier alpha value is -3.36. The molecule has 1 heterocycles. The van der Waals surface area contributed by atoms with Crippen molar-refractivity contribution in [1.29, 1.82) is 0 Å². The van der Waals surface area contributed by atoms with E-state index in [1.54, 1.807) is 12.1 Å². The van der Waals surface area contributed by atoms with Crippen molar-refractivity contribution in [3.05, 3.63) is 82.0 Å². The molecule has 2 aromatic carbocycles. The standard InChI is InChI=1S/C30H39N3O5/c1-4-6-19-37-28(5-2)22-36-21-23(3)38-30-31-26(14-10-13-24-11-8-7-9-12-24)20-29(32-30)25-15-17-27(18-16-25)33(34)35/h7-9,11-12,15-18,20,23,28H,4-6,10,13-14,19,21-22H2,1-3H3. The zero-order valence-corrected chi connectivity index (χ0v) is 22.7. The number of aromatic nitrogens is 2. The van der Waals surface area contributed by atoms with Crippen LogP contribution < -0.4 is 4.74 Å². The van der Waals surface area contributed by atoms with Crippen molar-refractivity contribution in [2.45, 2.75) is 71.5 Å². The third-order valence-electron chi connectivity index (χ3n) is 6.14. The second kappa shape index (κ2) is 15.8. The van der Waals surface area contributed by atoms with Crippen molar-refractivity contribution < 1.29 is 19.1 Å². The zero-order valence-electron chi connectivity index (χ0n) is 22.7. The van der Waals surface area contributed by atoms with Gasteiger partial charge in [0.2, 0.25) is 0 Å². The molecule has 0 fully saturated rings. The third-order valence-corrected chi connectivity index (χ3v) is 6.14. The lowest BCUT2D eigenvalue weighted by Gasteiger charge is -2.19. The summed E-state index contributed by atoms with van der Waals surface area (Å²) in [6.07, 6.45) is 5.49. The fourth-order valence-electron chi connectivity index (χ4n) is 3.93. The SMILES string of the molecule is CCCCOC(CC)COCC(C)Oc1nc(CCCc2ccccc2)cc(-c2ccc([N+](=O)[O-])cc2)n1.